The maximum atomic E-state index is 13.1. The Balaban J connectivity index is 1.38. The Morgan fingerprint density at radius 1 is 1.04 bits per heavy atom. The topological polar surface area (TPSA) is 28.5 Å². The highest BCUT2D eigenvalue weighted by Gasteiger charge is 2.31. The maximum absolute atomic E-state index is 13.1. The van der Waals surface area contributed by atoms with E-state index in [2.05, 4.69) is 63.5 Å². The molecule has 0 bridgehead atoms. The molecule has 4 nitrogen and oxygen atoms in total. The summed E-state index contributed by atoms with van der Waals surface area (Å²) < 4.78 is 2.32. The van der Waals surface area contributed by atoms with Gasteiger partial charge in [-0.05, 0) is 41.1 Å². The first kappa shape index (κ1) is 16.8. The van der Waals surface area contributed by atoms with Gasteiger partial charge in [0.1, 0.15) is 0 Å². The number of carbonyl (C=O) groups excluding carboxylic acids is 1. The number of amides is 1. The Morgan fingerprint density at radius 3 is 2.81 bits per heavy atom. The van der Waals surface area contributed by atoms with E-state index in [-0.39, 0.29) is 11.9 Å². The minimum Gasteiger partial charge on any atom is -0.348 e. The van der Waals surface area contributed by atoms with E-state index in [0.717, 1.165) is 32.6 Å². The molecule has 1 aromatic carbocycles. The Bertz CT molecular complexity index is 945. The summed E-state index contributed by atoms with van der Waals surface area (Å²) in [7, 11) is 0. The fourth-order valence-electron chi connectivity index (χ4n) is 4.35. The lowest BCUT2D eigenvalue weighted by molar-refractivity contribution is -0.134. The highest BCUT2D eigenvalue weighted by atomic mass is 32.1. The SMILES string of the molecule is O=C(CN1CCn2cccc2[C@@H]1c1ccccc1)N1CCc2sccc2C1. The van der Waals surface area contributed by atoms with E-state index < -0.39 is 0 Å². The van der Waals surface area contributed by atoms with E-state index in [1.54, 1.807) is 0 Å². The van der Waals surface area contributed by atoms with E-state index in [0.29, 0.717) is 6.54 Å². The van der Waals surface area contributed by atoms with Crippen molar-refractivity contribution in [3.8, 4) is 0 Å². The van der Waals surface area contributed by atoms with Gasteiger partial charge in [-0.3, -0.25) is 9.69 Å². The third-order valence-electron chi connectivity index (χ3n) is 5.75. The molecule has 0 unspecified atom stereocenters. The molecule has 27 heavy (non-hydrogen) atoms. The number of thiophene rings is 1. The average molecular weight is 378 g/mol. The average Bonchev–Trinajstić information content (AvgIpc) is 3.37. The summed E-state index contributed by atoms with van der Waals surface area (Å²) in [6, 6.07) is 17.2. The Kier molecular flexibility index (Phi) is 4.34. The van der Waals surface area contributed by atoms with Crippen molar-refractivity contribution < 1.29 is 4.79 Å². The van der Waals surface area contributed by atoms with Crippen LogP contribution in [-0.4, -0.2) is 39.9 Å². The largest absolute Gasteiger partial charge is 0.348 e. The van der Waals surface area contributed by atoms with E-state index in [9.17, 15) is 4.79 Å². The van der Waals surface area contributed by atoms with Gasteiger partial charge in [0.15, 0.2) is 0 Å². The van der Waals surface area contributed by atoms with Crippen molar-refractivity contribution in [2.24, 2.45) is 0 Å². The van der Waals surface area contributed by atoms with Crippen LogP contribution in [0.3, 0.4) is 0 Å². The number of hydrogen-bond acceptors (Lipinski definition) is 3. The monoisotopic (exact) mass is 377 g/mol. The molecule has 4 heterocycles. The van der Waals surface area contributed by atoms with Gasteiger partial charge in [0.2, 0.25) is 5.91 Å². The molecule has 1 atom stereocenters. The maximum Gasteiger partial charge on any atom is 0.237 e. The molecular formula is C22H23N3OS. The van der Waals surface area contributed by atoms with Crippen LogP contribution in [0.4, 0.5) is 0 Å². The van der Waals surface area contributed by atoms with Gasteiger partial charge < -0.3 is 9.47 Å². The molecule has 0 spiro atoms. The fourth-order valence-corrected chi connectivity index (χ4v) is 5.24. The minimum atomic E-state index is 0.139. The molecule has 2 aliphatic rings. The molecule has 5 rings (SSSR count). The summed E-state index contributed by atoms with van der Waals surface area (Å²) in [6.45, 7) is 3.91. The quantitative estimate of drug-likeness (QED) is 0.698. The summed E-state index contributed by atoms with van der Waals surface area (Å²) in [5, 5.41) is 2.14. The van der Waals surface area contributed by atoms with Gasteiger partial charge in [-0.2, -0.15) is 0 Å². The summed E-state index contributed by atoms with van der Waals surface area (Å²) in [4.78, 5) is 18.9. The first-order valence-electron chi connectivity index (χ1n) is 9.56. The molecule has 138 valence electrons. The first-order chi connectivity index (χ1) is 13.3. The van der Waals surface area contributed by atoms with Crippen molar-refractivity contribution >= 4 is 17.2 Å². The number of hydrogen-bond donors (Lipinski definition) is 0. The molecule has 3 aromatic rings. The second kappa shape index (κ2) is 6.98. The number of benzene rings is 1. The van der Waals surface area contributed by atoms with Crippen molar-refractivity contribution in [1.29, 1.82) is 0 Å². The van der Waals surface area contributed by atoms with Crippen LogP contribution in [0.25, 0.3) is 0 Å². The zero-order valence-electron chi connectivity index (χ0n) is 15.3. The lowest BCUT2D eigenvalue weighted by Gasteiger charge is -2.38. The van der Waals surface area contributed by atoms with E-state index in [4.69, 9.17) is 0 Å². The zero-order valence-corrected chi connectivity index (χ0v) is 16.1. The standard InChI is InChI=1S/C22H23N3OS/c26-21(24-11-8-20-18(15-24)9-14-27-20)16-25-13-12-23-10-4-7-19(23)22(25)17-5-2-1-3-6-17/h1-7,9-10,14,22H,8,11-13,15-16H2/t22-/m0/s1. The summed E-state index contributed by atoms with van der Waals surface area (Å²) >= 11 is 1.81. The number of carbonyl (C=O) groups is 1. The minimum absolute atomic E-state index is 0.139. The third kappa shape index (κ3) is 3.11. The van der Waals surface area contributed by atoms with Crippen molar-refractivity contribution in [1.82, 2.24) is 14.4 Å². The molecular weight excluding hydrogens is 354 g/mol. The van der Waals surface area contributed by atoms with E-state index >= 15 is 0 Å². The molecule has 0 aliphatic carbocycles. The molecule has 0 fully saturated rings. The molecule has 0 saturated carbocycles. The molecule has 0 radical (unpaired) electrons. The van der Waals surface area contributed by atoms with Gasteiger partial charge in [0.05, 0.1) is 12.6 Å². The highest BCUT2D eigenvalue weighted by Crippen LogP contribution is 2.32. The van der Waals surface area contributed by atoms with Crippen LogP contribution in [0.2, 0.25) is 0 Å². The lowest BCUT2D eigenvalue weighted by atomic mass is 10.00. The van der Waals surface area contributed by atoms with Crippen LogP contribution in [-0.2, 0) is 24.3 Å². The van der Waals surface area contributed by atoms with E-state index in [1.165, 1.54) is 21.7 Å². The zero-order chi connectivity index (χ0) is 18.2. The highest BCUT2D eigenvalue weighted by molar-refractivity contribution is 7.10. The van der Waals surface area contributed by atoms with Crippen LogP contribution < -0.4 is 0 Å². The molecule has 2 aliphatic heterocycles. The number of nitrogens with zero attached hydrogens (tertiary/aromatic N) is 3. The third-order valence-corrected chi connectivity index (χ3v) is 6.78. The van der Waals surface area contributed by atoms with Gasteiger partial charge in [-0.25, -0.2) is 0 Å². The Hall–Kier alpha value is -2.37. The fraction of sp³-hybridized carbons (Fsp3) is 0.318. The van der Waals surface area contributed by atoms with Crippen molar-refractivity contribution in [3.05, 3.63) is 81.8 Å². The summed E-state index contributed by atoms with van der Waals surface area (Å²) in [6.07, 6.45) is 3.14. The second-order valence-corrected chi connectivity index (χ2v) is 8.35. The van der Waals surface area contributed by atoms with Crippen LogP contribution >= 0.6 is 11.3 Å². The Labute approximate surface area is 163 Å². The van der Waals surface area contributed by atoms with Gasteiger partial charge >= 0.3 is 0 Å². The normalized spacial score (nSPS) is 19.6. The molecule has 0 N–H and O–H groups in total. The lowest BCUT2D eigenvalue weighted by Crippen LogP contribution is -2.46. The van der Waals surface area contributed by atoms with Crippen LogP contribution in [0.1, 0.15) is 27.7 Å². The van der Waals surface area contributed by atoms with Gasteiger partial charge in [-0.1, -0.05) is 30.3 Å². The van der Waals surface area contributed by atoms with Crippen LogP contribution in [0, 0.1) is 0 Å². The smallest absolute Gasteiger partial charge is 0.237 e. The van der Waals surface area contributed by atoms with Crippen molar-refractivity contribution in [3.63, 3.8) is 0 Å². The number of rotatable bonds is 3. The summed E-state index contributed by atoms with van der Waals surface area (Å²) in [5.41, 5.74) is 3.86. The summed E-state index contributed by atoms with van der Waals surface area (Å²) in [5.74, 6) is 0.243. The number of aromatic nitrogens is 1. The Morgan fingerprint density at radius 2 is 1.93 bits per heavy atom. The molecule has 2 aromatic heterocycles. The predicted molar refractivity (Wildman–Crippen MR) is 108 cm³/mol. The second-order valence-electron chi connectivity index (χ2n) is 7.34. The van der Waals surface area contributed by atoms with Crippen LogP contribution in [0.15, 0.2) is 60.1 Å². The van der Waals surface area contributed by atoms with Gasteiger partial charge in [0.25, 0.3) is 0 Å². The number of fused-ring (bicyclic) bond motifs is 2. The van der Waals surface area contributed by atoms with Crippen molar-refractivity contribution in [2.75, 3.05) is 19.6 Å². The predicted octanol–water partition coefficient (Wildman–Crippen LogP) is 3.54. The van der Waals surface area contributed by atoms with E-state index in [1.807, 2.05) is 22.3 Å². The molecule has 5 heteroatoms. The van der Waals surface area contributed by atoms with Gasteiger partial charge in [-0.15, -0.1) is 11.3 Å². The van der Waals surface area contributed by atoms with Crippen molar-refractivity contribution in [2.45, 2.75) is 25.6 Å². The van der Waals surface area contributed by atoms with Crippen LogP contribution in [0.5, 0.6) is 0 Å². The molecule has 0 saturated heterocycles. The molecule has 1 amide bonds. The van der Waals surface area contributed by atoms with Gasteiger partial charge in [0, 0.05) is 42.9 Å². The first-order valence-corrected chi connectivity index (χ1v) is 10.4.